The molecule has 0 fully saturated rings. The summed E-state index contributed by atoms with van der Waals surface area (Å²) in [5.41, 5.74) is 2.07. The van der Waals surface area contributed by atoms with Gasteiger partial charge in [-0.05, 0) is 30.3 Å². The number of hydrogen-bond acceptors (Lipinski definition) is 6. The van der Waals surface area contributed by atoms with Crippen LogP contribution < -0.4 is 16.6 Å². The van der Waals surface area contributed by atoms with Crippen LogP contribution >= 0.6 is 0 Å². The van der Waals surface area contributed by atoms with Gasteiger partial charge in [-0.25, -0.2) is 15.5 Å². The summed E-state index contributed by atoms with van der Waals surface area (Å²) in [6.07, 6.45) is -8.86. The van der Waals surface area contributed by atoms with Crippen molar-refractivity contribution in [3.05, 3.63) is 71.7 Å². The molecule has 1 aromatic heterocycles. The molecule has 3 rings (SSSR count). The maximum absolute atomic E-state index is 13.1. The lowest BCUT2D eigenvalue weighted by Gasteiger charge is -2.22. The number of aldehydes is 1. The second kappa shape index (κ2) is 8.34. The number of allylic oxidation sites excluding steroid dienone is 1. The second-order valence-corrected chi connectivity index (χ2v) is 6.41. The standard InChI is InChI=1S/C19H14F6N6O/c20-18(21,22)12-6-11(7-13(8-12)19(23,24)25)16-28-10-30(29-16)17(15(26)9-32)31(27)14-4-2-1-3-5-14/h1-10H,26-27H2/b17-15-. The molecular formula is C19H14F6N6O. The molecule has 13 heteroatoms. The highest BCUT2D eigenvalue weighted by atomic mass is 19.4. The molecule has 3 aromatic rings. The third-order valence-corrected chi connectivity index (χ3v) is 4.20. The minimum absolute atomic E-state index is 0.00672. The molecule has 7 nitrogen and oxygen atoms in total. The van der Waals surface area contributed by atoms with E-state index < -0.39 is 40.6 Å². The van der Waals surface area contributed by atoms with Gasteiger partial charge in [0.25, 0.3) is 0 Å². The molecule has 2 aromatic carbocycles. The summed E-state index contributed by atoms with van der Waals surface area (Å²) in [6.45, 7) is 0. The van der Waals surface area contributed by atoms with E-state index in [4.69, 9.17) is 11.6 Å². The summed E-state index contributed by atoms with van der Waals surface area (Å²) in [4.78, 5) is 15.0. The van der Waals surface area contributed by atoms with Crippen LogP contribution in [0.3, 0.4) is 0 Å². The van der Waals surface area contributed by atoms with Crippen LogP contribution in [0.4, 0.5) is 32.0 Å². The van der Waals surface area contributed by atoms with Crippen LogP contribution in [0.1, 0.15) is 11.1 Å². The zero-order chi connectivity index (χ0) is 23.7. The molecule has 168 valence electrons. The van der Waals surface area contributed by atoms with E-state index in [1.807, 2.05) is 0 Å². The molecule has 0 aliphatic heterocycles. The van der Waals surface area contributed by atoms with Gasteiger partial charge in [0.2, 0.25) is 0 Å². The zero-order valence-electron chi connectivity index (χ0n) is 15.9. The second-order valence-electron chi connectivity index (χ2n) is 6.41. The smallest absolute Gasteiger partial charge is 0.393 e. The first kappa shape index (κ1) is 22.8. The van der Waals surface area contributed by atoms with Crippen molar-refractivity contribution in [2.45, 2.75) is 12.4 Å². The van der Waals surface area contributed by atoms with E-state index >= 15 is 0 Å². The summed E-state index contributed by atoms with van der Waals surface area (Å²) >= 11 is 0. The van der Waals surface area contributed by atoms with Crippen LogP contribution in [0.5, 0.6) is 0 Å². The average Bonchev–Trinajstić information content (AvgIpc) is 3.22. The molecule has 0 radical (unpaired) electrons. The zero-order valence-corrected chi connectivity index (χ0v) is 15.9. The fourth-order valence-corrected chi connectivity index (χ4v) is 2.73. The Balaban J connectivity index is 2.12. The molecular weight excluding hydrogens is 442 g/mol. The van der Waals surface area contributed by atoms with Crippen molar-refractivity contribution >= 4 is 17.8 Å². The molecule has 0 amide bonds. The molecule has 0 atom stereocenters. The highest BCUT2D eigenvalue weighted by Gasteiger charge is 2.37. The third-order valence-electron chi connectivity index (χ3n) is 4.20. The number of rotatable bonds is 5. The van der Waals surface area contributed by atoms with Gasteiger partial charge in [-0.3, -0.25) is 9.80 Å². The third kappa shape index (κ3) is 4.72. The van der Waals surface area contributed by atoms with Gasteiger partial charge in [0.15, 0.2) is 17.9 Å². The van der Waals surface area contributed by atoms with Crippen LogP contribution in [-0.2, 0) is 17.1 Å². The lowest BCUT2D eigenvalue weighted by atomic mass is 10.0. The highest BCUT2D eigenvalue weighted by Crippen LogP contribution is 2.38. The predicted octanol–water partition coefficient (Wildman–Crippen LogP) is 3.65. The number of carbonyl (C=O) groups is 1. The quantitative estimate of drug-likeness (QED) is 0.200. The number of nitrogens with two attached hydrogens (primary N) is 2. The number of hydrazine groups is 1. The summed E-state index contributed by atoms with van der Waals surface area (Å²) < 4.78 is 79.7. The topological polar surface area (TPSA) is 103 Å². The van der Waals surface area contributed by atoms with Crippen LogP contribution in [0.25, 0.3) is 17.2 Å². The van der Waals surface area contributed by atoms with E-state index in [-0.39, 0.29) is 18.2 Å². The first-order chi connectivity index (χ1) is 14.9. The van der Waals surface area contributed by atoms with E-state index in [0.717, 1.165) is 16.0 Å². The Morgan fingerprint density at radius 2 is 1.53 bits per heavy atom. The maximum atomic E-state index is 13.1. The number of anilines is 1. The van der Waals surface area contributed by atoms with Crippen LogP contribution in [-0.4, -0.2) is 21.1 Å². The van der Waals surface area contributed by atoms with Gasteiger partial charge in [-0.1, -0.05) is 18.2 Å². The van der Waals surface area contributed by atoms with Crippen molar-refractivity contribution in [3.8, 4) is 11.4 Å². The number of benzene rings is 2. The van der Waals surface area contributed by atoms with Gasteiger partial charge in [-0.15, -0.1) is 5.10 Å². The van der Waals surface area contributed by atoms with Gasteiger partial charge >= 0.3 is 12.4 Å². The summed E-state index contributed by atoms with van der Waals surface area (Å²) in [5.74, 6) is 5.32. The van der Waals surface area contributed by atoms with E-state index in [1.165, 1.54) is 0 Å². The Morgan fingerprint density at radius 1 is 0.969 bits per heavy atom. The van der Waals surface area contributed by atoms with E-state index in [2.05, 4.69) is 10.1 Å². The van der Waals surface area contributed by atoms with Gasteiger partial charge in [0.05, 0.1) is 16.8 Å². The lowest BCUT2D eigenvalue weighted by molar-refractivity contribution is -0.143. The van der Waals surface area contributed by atoms with Gasteiger partial charge < -0.3 is 5.73 Å². The van der Waals surface area contributed by atoms with E-state index in [0.29, 0.717) is 17.8 Å². The van der Waals surface area contributed by atoms with Crippen LogP contribution in [0.15, 0.2) is 60.6 Å². The highest BCUT2D eigenvalue weighted by molar-refractivity contribution is 5.85. The molecule has 0 aliphatic rings. The first-order valence-corrected chi connectivity index (χ1v) is 8.68. The SMILES string of the molecule is N/C(C=O)=C(\N(N)c1ccccc1)n1cnc(-c2cc(C(F)(F)F)cc(C(F)(F)F)c2)n1. The molecule has 0 saturated heterocycles. The molecule has 0 saturated carbocycles. The Labute approximate surface area is 176 Å². The van der Waals surface area contributed by atoms with E-state index in [9.17, 15) is 31.1 Å². The van der Waals surface area contributed by atoms with E-state index in [1.54, 1.807) is 30.3 Å². The number of alkyl halides is 6. The largest absolute Gasteiger partial charge is 0.416 e. The van der Waals surface area contributed by atoms with Gasteiger partial charge in [0.1, 0.15) is 12.0 Å². The molecule has 0 aliphatic carbocycles. The Hall–Kier alpha value is -3.87. The van der Waals surface area contributed by atoms with Crippen molar-refractivity contribution in [1.82, 2.24) is 14.8 Å². The fourth-order valence-electron chi connectivity index (χ4n) is 2.73. The maximum Gasteiger partial charge on any atom is 0.416 e. The minimum atomic E-state index is -5.03. The lowest BCUT2D eigenvalue weighted by Crippen LogP contribution is -2.34. The molecule has 32 heavy (non-hydrogen) atoms. The van der Waals surface area contributed by atoms with Crippen LogP contribution in [0.2, 0.25) is 0 Å². The Bertz CT molecular complexity index is 1120. The van der Waals surface area contributed by atoms with Crippen molar-refractivity contribution in [1.29, 1.82) is 0 Å². The number of hydrogen-bond donors (Lipinski definition) is 2. The molecule has 1 heterocycles. The summed E-state index contributed by atoms with van der Waals surface area (Å²) in [7, 11) is 0. The summed E-state index contributed by atoms with van der Waals surface area (Å²) in [5, 5.41) is 4.86. The monoisotopic (exact) mass is 456 g/mol. The minimum Gasteiger partial charge on any atom is -0.393 e. The fraction of sp³-hybridized carbons (Fsp3) is 0.105. The van der Waals surface area contributed by atoms with Crippen LogP contribution in [0, 0.1) is 0 Å². The molecule has 0 bridgehead atoms. The number of carbonyl (C=O) groups excluding carboxylic acids is 1. The summed E-state index contributed by atoms with van der Waals surface area (Å²) in [6, 6.07) is 9.07. The van der Waals surface area contributed by atoms with Gasteiger partial charge in [0, 0.05) is 5.56 Å². The van der Waals surface area contributed by atoms with Crippen molar-refractivity contribution in [2.75, 3.05) is 5.01 Å². The Kier molecular flexibility index (Phi) is 5.94. The number of para-hydroxylation sites is 1. The average molecular weight is 456 g/mol. The van der Waals surface area contributed by atoms with Crippen molar-refractivity contribution in [2.24, 2.45) is 11.6 Å². The first-order valence-electron chi connectivity index (χ1n) is 8.68. The molecule has 0 unspecified atom stereocenters. The van der Waals surface area contributed by atoms with Crippen molar-refractivity contribution < 1.29 is 31.1 Å². The normalized spacial score (nSPS) is 13.0. The molecule has 0 spiro atoms. The number of halogens is 6. The predicted molar refractivity (Wildman–Crippen MR) is 102 cm³/mol. The van der Waals surface area contributed by atoms with Crippen molar-refractivity contribution in [3.63, 3.8) is 0 Å². The Morgan fingerprint density at radius 3 is 2.03 bits per heavy atom. The van der Waals surface area contributed by atoms with Gasteiger partial charge in [-0.2, -0.15) is 26.3 Å². The molecule has 4 N–H and O–H groups in total. The number of nitrogens with zero attached hydrogens (tertiary/aromatic N) is 4. The number of aromatic nitrogens is 3.